The highest BCUT2D eigenvalue weighted by atomic mass is 16.2. The molecule has 3 heteroatoms. The van der Waals surface area contributed by atoms with E-state index >= 15 is 0 Å². The number of carbonyl (C=O) groups excluding carboxylic acids is 1. The predicted octanol–water partition coefficient (Wildman–Crippen LogP) is 3.15. The number of nitrogens with one attached hydrogen (secondary N) is 1. The fourth-order valence-electron chi connectivity index (χ4n) is 2.01. The molecule has 0 heterocycles. The highest BCUT2D eigenvalue weighted by molar-refractivity contribution is 5.97. The molecule has 0 aliphatic carbocycles. The molecule has 1 amide bonds. The number of fused-ring (bicyclic) bond motifs is 1. The average Bonchev–Trinajstić information content (AvgIpc) is 2.45. The molecule has 19 heavy (non-hydrogen) atoms. The number of hydrogen-bond acceptors (Lipinski definition) is 2. The van der Waals surface area contributed by atoms with Crippen molar-refractivity contribution in [1.82, 2.24) is 0 Å². The number of amides is 1. The minimum atomic E-state index is -0.462. The van der Waals surface area contributed by atoms with E-state index in [1.807, 2.05) is 56.3 Å². The minimum absolute atomic E-state index is 0.121. The van der Waals surface area contributed by atoms with Gasteiger partial charge in [0.2, 0.25) is 5.91 Å². The predicted molar refractivity (Wildman–Crippen MR) is 80.0 cm³/mol. The average molecular weight is 256 g/mol. The molecule has 3 nitrogen and oxygen atoms in total. The highest BCUT2D eigenvalue weighted by Gasteiger charge is 2.19. The topological polar surface area (TPSA) is 55.1 Å². The van der Waals surface area contributed by atoms with Gasteiger partial charge in [-0.2, -0.15) is 0 Å². The molecule has 0 unspecified atom stereocenters. The molecule has 0 bridgehead atoms. The largest absolute Gasteiger partial charge is 0.325 e. The van der Waals surface area contributed by atoms with Gasteiger partial charge in [-0.1, -0.05) is 50.6 Å². The number of anilines is 1. The van der Waals surface area contributed by atoms with E-state index in [0.717, 1.165) is 22.9 Å². The zero-order valence-electron chi connectivity index (χ0n) is 11.4. The van der Waals surface area contributed by atoms with Gasteiger partial charge in [-0.05, 0) is 28.8 Å². The molecule has 0 aliphatic heterocycles. The molecule has 0 aromatic heterocycles. The summed E-state index contributed by atoms with van der Waals surface area (Å²) in [5, 5.41) is 5.15. The van der Waals surface area contributed by atoms with Crippen molar-refractivity contribution in [2.24, 2.45) is 11.7 Å². The molecule has 2 aromatic carbocycles. The molecule has 0 fully saturated rings. The monoisotopic (exact) mass is 256 g/mol. The molecule has 0 aliphatic rings. The molecular weight excluding hydrogens is 236 g/mol. The van der Waals surface area contributed by atoms with Gasteiger partial charge in [0.05, 0.1) is 6.04 Å². The van der Waals surface area contributed by atoms with Crippen molar-refractivity contribution >= 4 is 22.4 Å². The smallest absolute Gasteiger partial charge is 0.241 e. The lowest BCUT2D eigenvalue weighted by molar-refractivity contribution is -0.118. The maximum atomic E-state index is 12.0. The minimum Gasteiger partial charge on any atom is -0.325 e. The Balaban J connectivity index is 2.15. The molecule has 0 saturated carbocycles. The number of rotatable bonds is 4. The first-order valence-electron chi connectivity index (χ1n) is 6.67. The molecule has 0 spiro atoms. The third-order valence-corrected chi connectivity index (χ3v) is 3.58. The zero-order valence-corrected chi connectivity index (χ0v) is 11.4. The maximum absolute atomic E-state index is 12.0. The summed E-state index contributed by atoms with van der Waals surface area (Å²) >= 11 is 0. The second-order valence-corrected chi connectivity index (χ2v) is 4.96. The van der Waals surface area contributed by atoms with Crippen LogP contribution in [0.4, 0.5) is 5.69 Å². The number of nitrogens with two attached hydrogens (primary N) is 1. The van der Waals surface area contributed by atoms with Gasteiger partial charge in [0.1, 0.15) is 0 Å². The first-order chi connectivity index (χ1) is 9.11. The number of hydrogen-bond donors (Lipinski definition) is 2. The second kappa shape index (κ2) is 5.85. The van der Waals surface area contributed by atoms with Crippen molar-refractivity contribution in [3.63, 3.8) is 0 Å². The fraction of sp³-hybridized carbons (Fsp3) is 0.312. The van der Waals surface area contributed by atoms with Gasteiger partial charge in [0, 0.05) is 5.69 Å². The van der Waals surface area contributed by atoms with Crippen molar-refractivity contribution in [2.45, 2.75) is 26.3 Å². The van der Waals surface area contributed by atoms with Gasteiger partial charge in [0.15, 0.2) is 0 Å². The van der Waals surface area contributed by atoms with Crippen LogP contribution < -0.4 is 11.1 Å². The molecular formula is C16H20N2O. The van der Waals surface area contributed by atoms with E-state index in [1.54, 1.807) is 0 Å². The van der Waals surface area contributed by atoms with Crippen LogP contribution in [0.1, 0.15) is 20.3 Å². The van der Waals surface area contributed by atoms with Crippen LogP contribution in [-0.4, -0.2) is 11.9 Å². The summed E-state index contributed by atoms with van der Waals surface area (Å²) in [6.07, 6.45) is 0.895. The van der Waals surface area contributed by atoms with E-state index < -0.39 is 6.04 Å². The number of carbonyl (C=O) groups is 1. The molecule has 0 radical (unpaired) electrons. The molecule has 2 aromatic rings. The van der Waals surface area contributed by atoms with Crippen LogP contribution in [-0.2, 0) is 4.79 Å². The lowest BCUT2D eigenvalue weighted by atomic mass is 9.99. The van der Waals surface area contributed by atoms with E-state index in [1.165, 1.54) is 0 Å². The Morgan fingerprint density at radius 1 is 1.21 bits per heavy atom. The quantitative estimate of drug-likeness (QED) is 0.883. The highest BCUT2D eigenvalue weighted by Crippen LogP contribution is 2.19. The third-order valence-electron chi connectivity index (χ3n) is 3.58. The van der Waals surface area contributed by atoms with Gasteiger partial charge >= 0.3 is 0 Å². The molecule has 3 N–H and O–H groups in total. The van der Waals surface area contributed by atoms with Gasteiger partial charge in [-0.3, -0.25) is 4.79 Å². The molecule has 0 saturated heterocycles. The SMILES string of the molecule is CC[C@H](C)[C@@H](N)C(=O)Nc1ccc2ccccc2c1. The fourth-order valence-corrected chi connectivity index (χ4v) is 2.01. The molecule has 2 atom stereocenters. The first-order valence-corrected chi connectivity index (χ1v) is 6.67. The van der Waals surface area contributed by atoms with Crippen LogP contribution in [0.5, 0.6) is 0 Å². The van der Waals surface area contributed by atoms with Crippen molar-refractivity contribution in [3.05, 3.63) is 42.5 Å². The summed E-state index contributed by atoms with van der Waals surface area (Å²) < 4.78 is 0. The van der Waals surface area contributed by atoms with Gasteiger partial charge < -0.3 is 11.1 Å². The Morgan fingerprint density at radius 2 is 1.89 bits per heavy atom. The van der Waals surface area contributed by atoms with Crippen molar-refractivity contribution in [3.8, 4) is 0 Å². The van der Waals surface area contributed by atoms with Crippen molar-refractivity contribution in [1.29, 1.82) is 0 Å². The van der Waals surface area contributed by atoms with Crippen LogP contribution in [0.3, 0.4) is 0 Å². The summed E-state index contributed by atoms with van der Waals surface area (Å²) in [7, 11) is 0. The van der Waals surface area contributed by atoms with Crippen molar-refractivity contribution < 1.29 is 4.79 Å². The normalized spacial score (nSPS) is 14.1. The summed E-state index contributed by atoms with van der Waals surface area (Å²) in [5.41, 5.74) is 6.71. The maximum Gasteiger partial charge on any atom is 0.241 e. The first kappa shape index (κ1) is 13.6. The van der Waals surface area contributed by atoms with Crippen LogP contribution in [0, 0.1) is 5.92 Å². The van der Waals surface area contributed by atoms with Gasteiger partial charge in [0.25, 0.3) is 0 Å². The Morgan fingerprint density at radius 3 is 2.58 bits per heavy atom. The Hall–Kier alpha value is -1.87. The summed E-state index contributed by atoms with van der Waals surface area (Å²) in [6.45, 7) is 4.03. The van der Waals surface area contributed by atoms with Crippen LogP contribution >= 0.6 is 0 Å². The molecule has 100 valence electrons. The van der Waals surface area contributed by atoms with E-state index in [-0.39, 0.29) is 11.8 Å². The standard InChI is InChI=1S/C16H20N2O/c1-3-11(2)15(17)16(19)18-14-9-8-12-6-4-5-7-13(12)10-14/h4-11,15H,3,17H2,1-2H3,(H,18,19)/t11-,15+/m0/s1. The summed E-state index contributed by atoms with van der Waals surface area (Å²) in [6, 6.07) is 13.5. The molecule has 2 rings (SSSR count). The summed E-state index contributed by atoms with van der Waals surface area (Å²) in [4.78, 5) is 12.0. The Bertz CT molecular complexity index is 580. The van der Waals surface area contributed by atoms with Crippen molar-refractivity contribution in [2.75, 3.05) is 5.32 Å². The van der Waals surface area contributed by atoms with E-state index in [4.69, 9.17) is 5.73 Å². The number of benzene rings is 2. The van der Waals surface area contributed by atoms with Crippen LogP contribution in [0.2, 0.25) is 0 Å². The van der Waals surface area contributed by atoms with E-state index in [9.17, 15) is 4.79 Å². The third kappa shape index (κ3) is 3.12. The van der Waals surface area contributed by atoms with E-state index in [2.05, 4.69) is 5.32 Å². The zero-order chi connectivity index (χ0) is 13.8. The lowest BCUT2D eigenvalue weighted by Crippen LogP contribution is -2.40. The lowest BCUT2D eigenvalue weighted by Gasteiger charge is -2.17. The Kier molecular flexibility index (Phi) is 4.17. The summed E-state index contributed by atoms with van der Waals surface area (Å²) in [5.74, 6) is 0.0603. The van der Waals surface area contributed by atoms with E-state index in [0.29, 0.717) is 0 Å². The van der Waals surface area contributed by atoms with Crippen LogP contribution in [0.15, 0.2) is 42.5 Å². The Labute approximate surface area is 113 Å². The van der Waals surface area contributed by atoms with Crippen LogP contribution in [0.25, 0.3) is 10.8 Å². The van der Waals surface area contributed by atoms with Gasteiger partial charge in [-0.25, -0.2) is 0 Å². The second-order valence-electron chi connectivity index (χ2n) is 4.96. The van der Waals surface area contributed by atoms with Gasteiger partial charge in [-0.15, -0.1) is 0 Å².